The third-order valence-corrected chi connectivity index (χ3v) is 4.85. The SMILES string of the molecule is O=C(Nc1cc(Oc2ccc(Cl)cc2)cc([N+](=O)[O-])c1)[C@H]1CC(c2ccccc2O)=NO1. The van der Waals surface area contributed by atoms with Crippen LogP contribution in [0.2, 0.25) is 5.02 Å². The smallest absolute Gasteiger partial charge is 0.275 e. The number of carbonyl (C=O) groups excluding carboxylic acids is 1. The van der Waals surface area contributed by atoms with Crippen molar-refractivity contribution >= 4 is 34.6 Å². The lowest BCUT2D eigenvalue weighted by molar-refractivity contribution is -0.384. The van der Waals surface area contributed by atoms with Gasteiger partial charge in [-0.25, -0.2) is 0 Å². The molecule has 162 valence electrons. The maximum absolute atomic E-state index is 12.7. The van der Waals surface area contributed by atoms with Crippen molar-refractivity contribution in [3.8, 4) is 17.2 Å². The van der Waals surface area contributed by atoms with Gasteiger partial charge in [0.1, 0.15) is 17.2 Å². The Morgan fingerprint density at radius 3 is 2.62 bits per heavy atom. The number of amides is 1. The number of phenols is 1. The minimum absolute atomic E-state index is 0.0265. The summed E-state index contributed by atoms with van der Waals surface area (Å²) in [6.07, 6.45) is -0.823. The number of carbonyl (C=O) groups is 1. The zero-order valence-electron chi connectivity index (χ0n) is 16.4. The summed E-state index contributed by atoms with van der Waals surface area (Å²) >= 11 is 5.86. The number of phenolic OH excluding ortho intramolecular Hbond substituents is 1. The second-order valence-corrected chi connectivity index (χ2v) is 7.31. The van der Waals surface area contributed by atoms with E-state index in [2.05, 4.69) is 10.5 Å². The zero-order valence-corrected chi connectivity index (χ0v) is 17.2. The van der Waals surface area contributed by atoms with E-state index in [-0.39, 0.29) is 29.3 Å². The number of nitrogens with one attached hydrogen (secondary N) is 1. The van der Waals surface area contributed by atoms with Crippen LogP contribution in [-0.4, -0.2) is 27.8 Å². The first-order valence-electron chi connectivity index (χ1n) is 9.44. The van der Waals surface area contributed by atoms with Crippen molar-refractivity contribution in [1.29, 1.82) is 0 Å². The van der Waals surface area contributed by atoms with Crippen molar-refractivity contribution in [2.24, 2.45) is 5.16 Å². The molecule has 1 aliphatic rings. The third kappa shape index (κ3) is 4.79. The van der Waals surface area contributed by atoms with Gasteiger partial charge in [-0.3, -0.25) is 14.9 Å². The Morgan fingerprint density at radius 2 is 1.91 bits per heavy atom. The monoisotopic (exact) mass is 453 g/mol. The fourth-order valence-electron chi connectivity index (χ4n) is 3.08. The summed E-state index contributed by atoms with van der Waals surface area (Å²) in [7, 11) is 0. The molecule has 4 rings (SSSR count). The fraction of sp³-hybridized carbons (Fsp3) is 0.0909. The van der Waals surface area contributed by atoms with E-state index < -0.39 is 16.9 Å². The molecule has 3 aromatic carbocycles. The number of rotatable bonds is 6. The Labute approximate surface area is 187 Å². The van der Waals surface area contributed by atoms with Crippen LogP contribution in [0.15, 0.2) is 71.9 Å². The molecule has 0 radical (unpaired) electrons. The van der Waals surface area contributed by atoms with Crippen LogP contribution in [0, 0.1) is 10.1 Å². The molecule has 3 aromatic rings. The summed E-state index contributed by atoms with van der Waals surface area (Å²) in [6.45, 7) is 0. The number of oxime groups is 1. The van der Waals surface area contributed by atoms with Crippen LogP contribution in [0.1, 0.15) is 12.0 Å². The van der Waals surface area contributed by atoms with Gasteiger partial charge in [-0.05, 0) is 36.4 Å². The number of hydrogen-bond acceptors (Lipinski definition) is 7. The van der Waals surface area contributed by atoms with Crippen molar-refractivity contribution in [1.82, 2.24) is 0 Å². The lowest BCUT2D eigenvalue weighted by Gasteiger charge is -2.12. The predicted molar refractivity (Wildman–Crippen MR) is 117 cm³/mol. The molecule has 1 aliphatic heterocycles. The Hall–Kier alpha value is -4.11. The summed E-state index contributed by atoms with van der Waals surface area (Å²) in [6, 6.07) is 17.0. The number of hydrogen-bond donors (Lipinski definition) is 2. The quantitative estimate of drug-likeness (QED) is 0.405. The number of ether oxygens (including phenoxy) is 1. The number of nitro benzene ring substituents is 1. The number of aromatic hydroxyl groups is 1. The van der Waals surface area contributed by atoms with Gasteiger partial charge in [-0.15, -0.1) is 0 Å². The second-order valence-electron chi connectivity index (χ2n) is 6.87. The van der Waals surface area contributed by atoms with Crippen molar-refractivity contribution < 1.29 is 24.4 Å². The highest BCUT2D eigenvalue weighted by Crippen LogP contribution is 2.31. The average Bonchev–Trinajstić information content (AvgIpc) is 3.26. The van der Waals surface area contributed by atoms with Crippen LogP contribution in [0.5, 0.6) is 17.2 Å². The third-order valence-electron chi connectivity index (χ3n) is 4.60. The van der Waals surface area contributed by atoms with E-state index in [0.29, 0.717) is 22.0 Å². The normalized spacial score (nSPS) is 14.9. The summed E-state index contributed by atoms with van der Waals surface area (Å²) < 4.78 is 5.66. The van der Waals surface area contributed by atoms with Crippen LogP contribution < -0.4 is 10.1 Å². The highest BCUT2D eigenvalue weighted by Gasteiger charge is 2.30. The Bertz CT molecular complexity index is 1210. The molecule has 0 saturated carbocycles. The van der Waals surface area contributed by atoms with E-state index in [1.807, 2.05) is 0 Å². The lowest BCUT2D eigenvalue weighted by atomic mass is 10.0. The molecular formula is C22H16ClN3O6. The van der Waals surface area contributed by atoms with E-state index in [1.54, 1.807) is 42.5 Å². The Balaban J connectivity index is 1.49. The molecule has 0 saturated heterocycles. The number of halogens is 1. The summed E-state index contributed by atoms with van der Waals surface area (Å²) in [5.74, 6) is 0.0676. The van der Waals surface area contributed by atoms with Crippen molar-refractivity contribution in [3.63, 3.8) is 0 Å². The van der Waals surface area contributed by atoms with Gasteiger partial charge in [0.05, 0.1) is 22.4 Å². The van der Waals surface area contributed by atoms with Crippen LogP contribution in [0.3, 0.4) is 0 Å². The molecular weight excluding hydrogens is 438 g/mol. The fourth-order valence-corrected chi connectivity index (χ4v) is 3.20. The molecule has 1 heterocycles. The average molecular weight is 454 g/mol. The molecule has 1 atom stereocenters. The van der Waals surface area contributed by atoms with Gasteiger partial charge in [-0.1, -0.05) is 28.9 Å². The van der Waals surface area contributed by atoms with E-state index in [4.69, 9.17) is 21.2 Å². The molecule has 0 aliphatic carbocycles. The minimum atomic E-state index is -0.954. The van der Waals surface area contributed by atoms with E-state index in [9.17, 15) is 20.0 Å². The number of benzene rings is 3. The maximum Gasteiger partial charge on any atom is 0.275 e. The standard InChI is InChI=1S/C22H16ClN3O6/c23-13-5-7-16(8-6-13)31-17-10-14(9-15(11-17)26(29)30)24-22(28)21-12-19(25-32-21)18-3-1-2-4-20(18)27/h1-11,21,27H,12H2,(H,24,28)/t21-/m1/s1. The van der Waals surface area contributed by atoms with Gasteiger partial charge in [-0.2, -0.15) is 0 Å². The molecule has 0 aromatic heterocycles. The van der Waals surface area contributed by atoms with Gasteiger partial charge in [0.25, 0.3) is 11.6 Å². The van der Waals surface area contributed by atoms with Gasteiger partial charge < -0.3 is 20.0 Å². The van der Waals surface area contributed by atoms with Gasteiger partial charge >= 0.3 is 0 Å². The Morgan fingerprint density at radius 1 is 1.16 bits per heavy atom. The van der Waals surface area contributed by atoms with Crippen molar-refractivity contribution in [3.05, 3.63) is 87.4 Å². The molecule has 0 unspecified atom stereocenters. The molecule has 9 nitrogen and oxygen atoms in total. The maximum atomic E-state index is 12.7. The van der Waals surface area contributed by atoms with Crippen molar-refractivity contribution in [2.75, 3.05) is 5.32 Å². The Kier molecular flexibility index (Phi) is 5.91. The molecule has 32 heavy (non-hydrogen) atoms. The first-order chi connectivity index (χ1) is 15.4. The summed E-state index contributed by atoms with van der Waals surface area (Å²) in [5.41, 5.74) is 0.795. The molecule has 0 fully saturated rings. The zero-order chi connectivity index (χ0) is 22.7. The highest BCUT2D eigenvalue weighted by molar-refractivity contribution is 6.30. The predicted octanol–water partition coefficient (Wildman–Crippen LogP) is 4.88. The van der Waals surface area contributed by atoms with Crippen LogP contribution in [-0.2, 0) is 9.63 Å². The van der Waals surface area contributed by atoms with Crippen LogP contribution in [0.25, 0.3) is 0 Å². The number of nitro groups is 1. The van der Waals surface area contributed by atoms with Crippen LogP contribution in [0.4, 0.5) is 11.4 Å². The lowest BCUT2D eigenvalue weighted by Crippen LogP contribution is -2.28. The first kappa shape index (κ1) is 21.1. The van der Waals surface area contributed by atoms with E-state index >= 15 is 0 Å². The molecule has 1 amide bonds. The summed E-state index contributed by atoms with van der Waals surface area (Å²) in [4.78, 5) is 28.6. The van der Waals surface area contributed by atoms with Gasteiger partial charge in [0.15, 0.2) is 0 Å². The van der Waals surface area contributed by atoms with Crippen molar-refractivity contribution in [2.45, 2.75) is 12.5 Å². The number of non-ortho nitro benzene ring substituents is 1. The number of anilines is 1. The topological polar surface area (TPSA) is 123 Å². The second kappa shape index (κ2) is 8.94. The first-order valence-corrected chi connectivity index (χ1v) is 9.81. The van der Waals surface area contributed by atoms with E-state index in [1.165, 1.54) is 24.3 Å². The largest absolute Gasteiger partial charge is 0.507 e. The van der Waals surface area contributed by atoms with Gasteiger partial charge in [0.2, 0.25) is 6.10 Å². The summed E-state index contributed by atoms with van der Waals surface area (Å²) in [5, 5.41) is 28.3. The molecule has 0 spiro atoms. The highest BCUT2D eigenvalue weighted by atomic mass is 35.5. The van der Waals surface area contributed by atoms with Gasteiger partial charge in [0, 0.05) is 29.1 Å². The van der Waals surface area contributed by atoms with E-state index in [0.717, 1.165) is 0 Å². The number of nitrogens with zero attached hydrogens (tertiary/aromatic N) is 2. The van der Waals surface area contributed by atoms with Crippen LogP contribution >= 0.6 is 11.6 Å². The number of para-hydroxylation sites is 1. The molecule has 10 heteroatoms. The minimum Gasteiger partial charge on any atom is -0.507 e. The molecule has 2 N–H and O–H groups in total. The molecule has 0 bridgehead atoms.